The summed E-state index contributed by atoms with van der Waals surface area (Å²) in [7, 11) is 0. The topological polar surface area (TPSA) is 112 Å². The largest absolute Gasteiger partial charge is 0.469 e. The van der Waals surface area contributed by atoms with Crippen LogP contribution in [0, 0.1) is 0 Å². The molecule has 0 aromatic carbocycles. The molecule has 0 unspecified atom stereocenters. The maximum absolute atomic E-state index is 9.83. The van der Waals surface area contributed by atoms with Gasteiger partial charge in [0.25, 0.3) is 0 Å². The van der Waals surface area contributed by atoms with Crippen molar-refractivity contribution in [1.29, 1.82) is 0 Å². The molecule has 0 saturated heterocycles. The molecule has 0 aliphatic heterocycles. The smallest absolute Gasteiger partial charge is 0.401 e. The van der Waals surface area contributed by atoms with Gasteiger partial charge in [-0.15, -0.1) is 0 Å². The molecule has 3 N–H and O–H groups in total. The lowest BCUT2D eigenvalue weighted by atomic mass is 11.4. The van der Waals surface area contributed by atoms with Crippen LogP contribution in [0.15, 0.2) is 4.79 Å². The molecule has 1 heterocycles. The monoisotopic (exact) mass is 166 g/mol. The van der Waals surface area contributed by atoms with Crippen molar-refractivity contribution in [2.45, 2.75) is 0 Å². The first-order valence-electron chi connectivity index (χ1n) is 1.97. The van der Waals surface area contributed by atoms with Gasteiger partial charge >= 0.3 is 11.1 Å². The SMILES string of the molecule is O=C(O)Cl.O=c1[nH]nn[nH]1. The summed E-state index contributed by atoms with van der Waals surface area (Å²) in [4.78, 5) is 18.6. The van der Waals surface area contributed by atoms with E-state index in [4.69, 9.17) is 9.90 Å². The number of carboxylic acid groups (broad SMARTS) is 1. The van der Waals surface area contributed by atoms with Crippen molar-refractivity contribution in [3.8, 4) is 0 Å². The number of nitrogens with one attached hydrogen (secondary N) is 2. The number of hydrogen-bond donors (Lipinski definition) is 3. The molecule has 0 atom stereocenters. The predicted molar refractivity (Wildman–Crippen MR) is 30.9 cm³/mol. The molecule has 0 radical (unpaired) electrons. The summed E-state index contributed by atoms with van der Waals surface area (Å²) in [6.45, 7) is 0. The van der Waals surface area contributed by atoms with Crippen LogP contribution in [0.2, 0.25) is 0 Å². The highest BCUT2D eigenvalue weighted by atomic mass is 35.5. The Morgan fingerprint density at radius 2 is 1.80 bits per heavy atom. The maximum atomic E-state index is 9.83. The van der Waals surface area contributed by atoms with Gasteiger partial charge in [-0.1, -0.05) is 0 Å². The molecule has 7 nitrogen and oxygen atoms in total. The Morgan fingerprint density at radius 1 is 1.50 bits per heavy atom. The van der Waals surface area contributed by atoms with Crippen LogP contribution in [-0.2, 0) is 0 Å². The molecule has 0 bridgehead atoms. The van der Waals surface area contributed by atoms with Gasteiger partial charge < -0.3 is 5.11 Å². The third-order valence-electron chi connectivity index (χ3n) is 0.353. The number of halogens is 1. The number of rotatable bonds is 0. The average Bonchev–Trinajstić information content (AvgIpc) is 2.15. The zero-order valence-corrected chi connectivity index (χ0v) is 5.29. The molecule has 56 valence electrons. The molecule has 1 rings (SSSR count). The highest BCUT2D eigenvalue weighted by molar-refractivity contribution is 6.60. The fourth-order valence-electron chi connectivity index (χ4n) is 0.166. The third kappa shape index (κ3) is 6.63. The lowest BCUT2D eigenvalue weighted by Crippen LogP contribution is -2.00. The van der Waals surface area contributed by atoms with Gasteiger partial charge in [-0.3, -0.25) is 0 Å². The van der Waals surface area contributed by atoms with Crippen LogP contribution in [-0.4, -0.2) is 31.2 Å². The predicted octanol–water partition coefficient (Wildman–Crippen LogP) is -0.604. The molecule has 0 aliphatic rings. The van der Waals surface area contributed by atoms with Gasteiger partial charge in [-0.2, -0.15) is 0 Å². The van der Waals surface area contributed by atoms with E-state index in [1.807, 2.05) is 10.2 Å². The molecule has 0 spiro atoms. The Hall–Kier alpha value is -1.37. The second-order valence-corrected chi connectivity index (χ2v) is 1.33. The zero-order chi connectivity index (χ0) is 7.98. The Balaban J connectivity index is 0.000000180. The van der Waals surface area contributed by atoms with E-state index in [1.165, 1.54) is 0 Å². The van der Waals surface area contributed by atoms with E-state index in [-0.39, 0.29) is 5.69 Å². The van der Waals surface area contributed by atoms with Crippen molar-refractivity contribution in [3.63, 3.8) is 0 Å². The summed E-state index contributed by atoms with van der Waals surface area (Å²) >= 11 is 4.19. The molecule has 10 heavy (non-hydrogen) atoms. The van der Waals surface area contributed by atoms with E-state index < -0.39 is 5.43 Å². The van der Waals surface area contributed by atoms with Gasteiger partial charge in [-0.25, -0.2) is 19.8 Å². The molecule has 0 amide bonds. The Kier molecular flexibility index (Phi) is 3.89. The van der Waals surface area contributed by atoms with Crippen LogP contribution in [0.5, 0.6) is 0 Å². The van der Waals surface area contributed by atoms with E-state index in [1.54, 1.807) is 0 Å². The number of aromatic nitrogens is 4. The minimum absolute atomic E-state index is 0.380. The molecule has 8 heteroatoms. The average molecular weight is 167 g/mol. The van der Waals surface area contributed by atoms with Gasteiger partial charge in [0, 0.05) is 11.6 Å². The summed E-state index contributed by atoms with van der Waals surface area (Å²) in [6.07, 6.45) is 0. The van der Waals surface area contributed by atoms with E-state index in [0.29, 0.717) is 0 Å². The zero-order valence-electron chi connectivity index (χ0n) is 4.54. The van der Waals surface area contributed by atoms with Gasteiger partial charge in [0.1, 0.15) is 0 Å². The first kappa shape index (κ1) is 8.63. The Morgan fingerprint density at radius 3 is 1.90 bits per heavy atom. The number of aromatic amines is 2. The molecule has 1 aromatic heterocycles. The summed E-state index contributed by atoms with van der Waals surface area (Å²) in [5, 5.41) is 17.4. The lowest BCUT2D eigenvalue weighted by molar-refractivity contribution is 0.220. The van der Waals surface area contributed by atoms with Crippen molar-refractivity contribution in [2.75, 3.05) is 0 Å². The normalized spacial score (nSPS) is 7.70. The molecule has 0 saturated carbocycles. The molecule has 1 aromatic rings. The minimum atomic E-state index is -1.36. The standard InChI is InChI=1S/CHClO2.CH2N4O/c2-1(3)4;6-1-2-4-5-3-1/h(H,3,4);(H2,2,3,4,5,6). The number of tetrazole rings is 1. The van der Waals surface area contributed by atoms with E-state index in [2.05, 4.69) is 22.0 Å². The van der Waals surface area contributed by atoms with E-state index in [0.717, 1.165) is 0 Å². The maximum Gasteiger partial charge on any atom is 0.401 e. The van der Waals surface area contributed by atoms with Crippen molar-refractivity contribution in [1.82, 2.24) is 20.6 Å². The summed E-state index contributed by atoms with van der Waals surface area (Å²) in [6, 6.07) is 0. The van der Waals surface area contributed by atoms with Crippen molar-refractivity contribution in [3.05, 3.63) is 10.5 Å². The minimum Gasteiger partial charge on any atom is -0.469 e. The van der Waals surface area contributed by atoms with Gasteiger partial charge in [-0.05, 0) is 10.4 Å². The van der Waals surface area contributed by atoms with Crippen LogP contribution in [0.3, 0.4) is 0 Å². The van der Waals surface area contributed by atoms with Crippen molar-refractivity contribution >= 4 is 17.0 Å². The molecular weight excluding hydrogens is 164 g/mol. The first-order chi connectivity index (χ1) is 4.63. The van der Waals surface area contributed by atoms with Crippen LogP contribution in [0.4, 0.5) is 4.79 Å². The van der Waals surface area contributed by atoms with Crippen molar-refractivity contribution in [2.24, 2.45) is 0 Å². The summed E-state index contributed by atoms with van der Waals surface area (Å²) in [5.74, 6) is 0. The number of H-pyrrole nitrogens is 2. The first-order valence-corrected chi connectivity index (χ1v) is 2.35. The van der Waals surface area contributed by atoms with Crippen LogP contribution in [0.25, 0.3) is 0 Å². The number of nitrogens with zero attached hydrogens (tertiary/aromatic N) is 2. The summed E-state index contributed by atoms with van der Waals surface area (Å²) in [5.41, 5.74) is -1.74. The van der Waals surface area contributed by atoms with E-state index >= 15 is 0 Å². The second-order valence-electron chi connectivity index (χ2n) is 1.01. The number of carbonyl (C=O) groups is 1. The Bertz CT molecular complexity index is 220. The van der Waals surface area contributed by atoms with E-state index in [9.17, 15) is 4.79 Å². The van der Waals surface area contributed by atoms with Crippen molar-refractivity contribution < 1.29 is 9.90 Å². The van der Waals surface area contributed by atoms with Crippen LogP contribution >= 0.6 is 11.6 Å². The summed E-state index contributed by atoms with van der Waals surface area (Å²) < 4.78 is 0. The van der Waals surface area contributed by atoms with Gasteiger partial charge in [0.05, 0.1) is 0 Å². The number of hydrogen-bond acceptors (Lipinski definition) is 4. The highest BCUT2D eigenvalue weighted by Crippen LogP contribution is 1.67. The molecular formula is C2H3ClN4O3. The fraction of sp³-hybridized carbons (Fsp3) is 0. The molecule has 0 fully saturated rings. The fourth-order valence-corrected chi connectivity index (χ4v) is 0.166. The van der Waals surface area contributed by atoms with Gasteiger partial charge in [0.15, 0.2) is 0 Å². The Labute approximate surface area is 59.0 Å². The quantitative estimate of drug-likeness (QED) is 0.446. The molecule has 0 aliphatic carbocycles. The highest BCUT2D eigenvalue weighted by Gasteiger charge is 1.72. The van der Waals surface area contributed by atoms with Crippen LogP contribution < -0.4 is 5.69 Å². The lowest BCUT2D eigenvalue weighted by Gasteiger charge is -1.55. The third-order valence-corrected chi connectivity index (χ3v) is 0.353. The van der Waals surface area contributed by atoms with Gasteiger partial charge in [0.2, 0.25) is 0 Å². The second kappa shape index (κ2) is 4.50. The van der Waals surface area contributed by atoms with Crippen LogP contribution in [0.1, 0.15) is 0 Å².